The van der Waals surface area contributed by atoms with Crippen molar-refractivity contribution >= 4 is 34.0 Å². The molecule has 0 aliphatic heterocycles. The zero-order valence-electron chi connectivity index (χ0n) is 20.1. The Morgan fingerprint density at radius 2 is 1.62 bits per heavy atom. The molecule has 2 bridgehead atoms. The second-order valence-electron chi connectivity index (χ2n) is 10.5. The average molecular weight is 455 g/mol. The van der Waals surface area contributed by atoms with Crippen LogP contribution in [0.15, 0.2) is 71.9 Å². The van der Waals surface area contributed by atoms with Crippen LogP contribution in [0, 0.1) is 23.2 Å². The lowest BCUT2D eigenvalue weighted by Gasteiger charge is -2.39. The molecule has 2 unspecified atom stereocenters. The number of nitrogens with one attached hydrogen (secondary N) is 1. The van der Waals surface area contributed by atoms with Gasteiger partial charge in [-0.1, -0.05) is 80.0 Å². The number of carbonyl (C=O) groups excluding carboxylic acids is 2. The zero-order valence-corrected chi connectivity index (χ0v) is 20.1. The van der Waals surface area contributed by atoms with Gasteiger partial charge in [0.25, 0.3) is 0 Å². The van der Waals surface area contributed by atoms with E-state index in [1.54, 1.807) is 12.1 Å². The van der Waals surface area contributed by atoms with Crippen LogP contribution in [0.25, 0.3) is 10.8 Å². The summed E-state index contributed by atoms with van der Waals surface area (Å²) in [5.41, 5.74) is 1.86. The monoisotopic (exact) mass is 454 g/mol. The number of amides is 1. The summed E-state index contributed by atoms with van der Waals surface area (Å²) in [4.78, 5) is 31.8. The van der Waals surface area contributed by atoms with Crippen LogP contribution in [0.1, 0.15) is 56.0 Å². The Morgan fingerprint density at radius 3 is 2.38 bits per heavy atom. The van der Waals surface area contributed by atoms with E-state index in [0.717, 1.165) is 40.6 Å². The molecule has 0 heterocycles. The summed E-state index contributed by atoms with van der Waals surface area (Å²) in [6.45, 7) is 8.40. The lowest BCUT2D eigenvalue weighted by atomic mass is 9.64. The van der Waals surface area contributed by atoms with Crippen molar-refractivity contribution in [2.24, 2.45) is 21.4 Å². The number of anilines is 1. The van der Waals surface area contributed by atoms with Crippen LogP contribution in [0.2, 0.25) is 0 Å². The number of fused-ring (bicyclic) bond motifs is 3. The van der Waals surface area contributed by atoms with Crippen LogP contribution in [0.4, 0.5) is 5.69 Å². The maximum atomic E-state index is 13.9. The van der Waals surface area contributed by atoms with Crippen molar-refractivity contribution in [3.05, 3.63) is 77.9 Å². The third-order valence-electron chi connectivity index (χ3n) is 8.73. The minimum Gasteiger partial charge on any atom is -0.325 e. The summed E-state index contributed by atoms with van der Waals surface area (Å²) >= 11 is 0. The van der Waals surface area contributed by atoms with Gasteiger partial charge in [-0.05, 0) is 48.8 Å². The van der Waals surface area contributed by atoms with E-state index in [2.05, 4.69) is 31.2 Å². The number of nitrogens with zero attached hydrogens (tertiary/aromatic N) is 1. The van der Waals surface area contributed by atoms with Crippen molar-refractivity contribution in [1.29, 1.82) is 0 Å². The van der Waals surface area contributed by atoms with Crippen LogP contribution < -0.4 is 5.32 Å². The van der Waals surface area contributed by atoms with E-state index in [4.69, 9.17) is 4.84 Å². The van der Waals surface area contributed by atoms with Gasteiger partial charge in [0.1, 0.15) is 0 Å². The highest BCUT2D eigenvalue weighted by Crippen LogP contribution is 2.71. The Labute approximate surface area is 200 Å². The minimum atomic E-state index is -0.617. The highest BCUT2D eigenvalue weighted by molar-refractivity contribution is 6.09. The van der Waals surface area contributed by atoms with Crippen molar-refractivity contribution in [3.63, 3.8) is 0 Å². The van der Waals surface area contributed by atoms with Gasteiger partial charge in [-0.15, -0.1) is 0 Å². The largest absolute Gasteiger partial charge is 0.365 e. The molecule has 5 heteroatoms. The number of hydrogen-bond acceptors (Lipinski definition) is 4. The Morgan fingerprint density at radius 1 is 0.912 bits per heavy atom. The van der Waals surface area contributed by atoms with Gasteiger partial charge in [-0.25, -0.2) is 4.79 Å². The predicted octanol–water partition coefficient (Wildman–Crippen LogP) is 6.52. The number of rotatable bonds is 4. The quantitative estimate of drug-likeness (QED) is 0.361. The first kappa shape index (κ1) is 22.3. The number of aryl methyl sites for hydroxylation is 1. The van der Waals surface area contributed by atoms with Gasteiger partial charge in [-0.2, -0.15) is 0 Å². The van der Waals surface area contributed by atoms with Crippen LogP contribution in [-0.2, 0) is 9.63 Å². The van der Waals surface area contributed by atoms with Crippen LogP contribution in [0.3, 0.4) is 0 Å². The van der Waals surface area contributed by atoms with Gasteiger partial charge >= 0.3 is 5.97 Å². The van der Waals surface area contributed by atoms with Crippen LogP contribution in [-0.4, -0.2) is 17.6 Å². The van der Waals surface area contributed by atoms with E-state index in [0.29, 0.717) is 12.0 Å². The molecule has 0 spiro atoms. The summed E-state index contributed by atoms with van der Waals surface area (Å²) in [5, 5.41) is 9.69. The molecule has 0 saturated heterocycles. The first-order chi connectivity index (χ1) is 16.2. The summed E-state index contributed by atoms with van der Waals surface area (Å²) in [7, 11) is 0. The molecule has 2 saturated carbocycles. The van der Waals surface area contributed by atoms with Gasteiger partial charge < -0.3 is 10.2 Å². The Hall–Kier alpha value is -3.47. The first-order valence-corrected chi connectivity index (χ1v) is 11.8. The number of hydrogen-bond donors (Lipinski definition) is 1. The molecule has 3 aromatic carbocycles. The van der Waals surface area contributed by atoms with E-state index < -0.39 is 11.4 Å². The molecule has 2 fully saturated rings. The van der Waals surface area contributed by atoms with Gasteiger partial charge in [0.15, 0.2) is 0 Å². The molecule has 3 aromatic rings. The maximum Gasteiger partial charge on any atom is 0.365 e. The van der Waals surface area contributed by atoms with Crippen molar-refractivity contribution in [2.75, 3.05) is 5.32 Å². The molecule has 1 N–H and O–H groups in total. The molecule has 5 rings (SSSR count). The molecule has 2 aliphatic rings. The standard InChI is InChI=1S/C29H30N2O3/c1-19-12-14-21(15-13-19)25(32)34-31-24-18-29(17-16-28(24,4)27(29,2)3)26(33)30-23-11-7-9-20-8-5-6-10-22(20)23/h5-15H,16-18H2,1-4H3,(H,30,33)/b31-24+. The average Bonchev–Trinajstić information content (AvgIpc) is 3.14. The fourth-order valence-corrected chi connectivity index (χ4v) is 5.94. The molecular formula is C29H30N2O3. The molecule has 34 heavy (non-hydrogen) atoms. The van der Waals surface area contributed by atoms with E-state index in [9.17, 15) is 9.59 Å². The van der Waals surface area contributed by atoms with Gasteiger partial charge in [0.2, 0.25) is 5.91 Å². The van der Waals surface area contributed by atoms with Crippen molar-refractivity contribution in [3.8, 4) is 0 Å². The molecular weight excluding hydrogens is 424 g/mol. The second-order valence-corrected chi connectivity index (χ2v) is 10.5. The topological polar surface area (TPSA) is 67.8 Å². The molecule has 2 aliphatic carbocycles. The number of oxime groups is 1. The van der Waals surface area contributed by atoms with Gasteiger partial charge in [0, 0.05) is 22.9 Å². The Kier molecular flexibility index (Phi) is 5.12. The van der Waals surface area contributed by atoms with Crippen LogP contribution in [0.5, 0.6) is 0 Å². The van der Waals surface area contributed by atoms with Gasteiger partial charge in [0.05, 0.1) is 16.7 Å². The van der Waals surface area contributed by atoms with Crippen LogP contribution >= 0.6 is 0 Å². The maximum absolute atomic E-state index is 13.9. The van der Waals surface area contributed by atoms with Crippen molar-refractivity contribution in [2.45, 2.75) is 47.0 Å². The Balaban J connectivity index is 1.43. The molecule has 0 radical (unpaired) electrons. The van der Waals surface area contributed by atoms with Crippen molar-refractivity contribution < 1.29 is 14.4 Å². The van der Waals surface area contributed by atoms with Gasteiger partial charge in [-0.3, -0.25) is 4.79 Å². The fraction of sp³-hybridized carbons (Fsp3) is 0.345. The summed E-state index contributed by atoms with van der Waals surface area (Å²) in [6.07, 6.45) is 2.08. The second kappa shape index (κ2) is 7.79. The summed E-state index contributed by atoms with van der Waals surface area (Å²) in [6, 6.07) is 21.2. The first-order valence-electron chi connectivity index (χ1n) is 11.8. The fourth-order valence-electron chi connectivity index (χ4n) is 5.94. The van der Waals surface area contributed by atoms with E-state index in [-0.39, 0.29) is 16.7 Å². The molecule has 174 valence electrons. The summed E-state index contributed by atoms with van der Waals surface area (Å²) in [5.74, 6) is -0.474. The highest BCUT2D eigenvalue weighted by Gasteiger charge is 2.71. The summed E-state index contributed by atoms with van der Waals surface area (Å²) < 4.78 is 0. The SMILES string of the molecule is Cc1ccc(C(=O)O/N=C2\CC3(C(=O)Nc4cccc5ccccc45)CCC2(C)C3(C)C)cc1. The lowest BCUT2D eigenvalue weighted by Crippen LogP contribution is -2.43. The predicted molar refractivity (Wildman–Crippen MR) is 135 cm³/mol. The molecule has 0 aromatic heterocycles. The third-order valence-corrected chi connectivity index (χ3v) is 8.73. The number of carbonyl (C=O) groups is 2. The van der Waals surface area contributed by atoms with E-state index in [1.807, 2.05) is 61.5 Å². The minimum absolute atomic E-state index is 0.00707. The molecule has 2 atom stereocenters. The van der Waals surface area contributed by atoms with Crippen molar-refractivity contribution in [1.82, 2.24) is 0 Å². The molecule has 1 amide bonds. The van der Waals surface area contributed by atoms with E-state index >= 15 is 0 Å². The lowest BCUT2D eigenvalue weighted by molar-refractivity contribution is -0.130. The normalized spacial score (nSPS) is 26.1. The van der Waals surface area contributed by atoms with E-state index in [1.165, 1.54) is 0 Å². The third kappa shape index (κ3) is 3.17. The Bertz CT molecular complexity index is 1320. The smallest absolute Gasteiger partial charge is 0.325 e. The molecule has 5 nitrogen and oxygen atoms in total. The highest BCUT2D eigenvalue weighted by atomic mass is 16.7. The zero-order chi connectivity index (χ0) is 24.1. The number of benzene rings is 3.